The number of fused-ring (bicyclic) bond motifs is 1. The molecule has 0 spiro atoms. The van der Waals surface area contributed by atoms with E-state index in [-0.39, 0.29) is 18.9 Å². The van der Waals surface area contributed by atoms with Gasteiger partial charge < -0.3 is 26.0 Å². The van der Waals surface area contributed by atoms with Crippen LogP contribution in [0.1, 0.15) is 23.2 Å². The number of aliphatic hydroxyl groups is 1. The highest BCUT2D eigenvalue weighted by molar-refractivity contribution is 6.35. The number of amides is 3. The lowest BCUT2D eigenvalue weighted by Crippen LogP contribution is -2.21. The topological polar surface area (TPSA) is 123 Å². The normalized spacial score (nSPS) is 13.6. The van der Waals surface area contributed by atoms with Crippen molar-refractivity contribution in [2.75, 3.05) is 16.0 Å². The van der Waals surface area contributed by atoms with Gasteiger partial charge in [-0.25, -0.2) is 0 Å². The fraction of sp³-hybridized carbons (Fsp3) is 0.0870. The van der Waals surface area contributed by atoms with E-state index in [9.17, 15) is 14.4 Å². The van der Waals surface area contributed by atoms with Crippen LogP contribution in [-0.2, 0) is 21.0 Å². The Labute approximate surface area is 178 Å². The molecular weight excluding hydrogens is 396 g/mol. The van der Waals surface area contributed by atoms with E-state index in [0.717, 1.165) is 16.8 Å². The largest absolute Gasteiger partial charge is 0.392 e. The molecule has 8 heteroatoms. The zero-order valence-electron chi connectivity index (χ0n) is 16.4. The van der Waals surface area contributed by atoms with E-state index >= 15 is 0 Å². The minimum absolute atomic E-state index is 0.0822. The van der Waals surface area contributed by atoms with Crippen molar-refractivity contribution < 1.29 is 19.5 Å². The van der Waals surface area contributed by atoms with Crippen LogP contribution >= 0.6 is 0 Å². The summed E-state index contributed by atoms with van der Waals surface area (Å²) in [6.45, 7) is -0.0822. The zero-order chi connectivity index (χ0) is 21.8. The van der Waals surface area contributed by atoms with Crippen LogP contribution in [0.25, 0.3) is 11.6 Å². The van der Waals surface area contributed by atoms with Gasteiger partial charge in [-0.15, -0.1) is 0 Å². The predicted octanol–water partition coefficient (Wildman–Crippen LogP) is 2.97. The molecule has 1 aromatic heterocycles. The molecule has 3 aromatic rings. The van der Waals surface area contributed by atoms with Crippen LogP contribution in [0.4, 0.5) is 17.1 Å². The Bertz CT molecular complexity index is 1160. The maximum atomic E-state index is 12.3. The molecule has 1 aliphatic rings. The Morgan fingerprint density at radius 3 is 2.35 bits per heavy atom. The lowest BCUT2D eigenvalue weighted by atomic mass is 10.1. The van der Waals surface area contributed by atoms with Crippen molar-refractivity contribution in [1.29, 1.82) is 0 Å². The second-order valence-electron chi connectivity index (χ2n) is 7.03. The highest BCUT2D eigenvalue weighted by atomic mass is 16.3. The average molecular weight is 416 g/mol. The molecule has 0 aliphatic carbocycles. The molecule has 0 bridgehead atoms. The van der Waals surface area contributed by atoms with Crippen LogP contribution in [0.5, 0.6) is 0 Å². The molecular formula is C23H20N4O4. The monoisotopic (exact) mass is 416 g/mol. The summed E-state index contributed by atoms with van der Waals surface area (Å²) in [5.74, 6) is -1.16. The minimum atomic E-state index is -0.476. The summed E-state index contributed by atoms with van der Waals surface area (Å²) in [6.07, 6.45) is 3.18. The number of aliphatic hydroxyl groups excluding tert-OH is 1. The minimum Gasteiger partial charge on any atom is -0.392 e. The van der Waals surface area contributed by atoms with Crippen molar-refractivity contribution in [3.8, 4) is 0 Å². The van der Waals surface area contributed by atoms with E-state index in [1.807, 2.05) is 12.1 Å². The summed E-state index contributed by atoms with van der Waals surface area (Å²) in [5, 5.41) is 17.1. The molecule has 8 nitrogen and oxygen atoms in total. The molecule has 31 heavy (non-hydrogen) atoms. The van der Waals surface area contributed by atoms with Crippen LogP contribution in [-0.4, -0.2) is 27.8 Å². The fourth-order valence-corrected chi connectivity index (χ4v) is 3.25. The number of H-pyrrole nitrogens is 1. The molecule has 156 valence electrons. The predicted molar refractivity (Wildman–Crippen MR) is 118 cm³/mol. The summed E-state index contributed by atoms with van der Waals surface area (Å²) < 4.78 is 0. The number of benzene rings is 2. The standard InChI is InChI=1S/C23H20N4O4/c28-13-14-3-5-15(6-4-14)25-21(29)12-22(30)26-17-7-8-18-19(10-16-2-1-9-24-16)23(31)27-20(18)11-17/h1-11,24,28H,12-13H2,(H,25,29)(H,26,30)(H,27,31). The first kappa shape index (κ1) is 20.1. The molecule has 3 amide bonds. The lowest BCUT2D eigenvalue weighted by Gasteiger charge is -2.08. The molecule has 0 saturated carbocycles. The Kier molecular flexibility index (Phi) is 5.63. The number of aromatic nitrogens is 1. The molecule has 5 N–H and O–H groups in total. The third-order valence-corrected chi connectivity index (χ3v) is 4.75. The van der Waals surface area contributed by atoms with Crippen molar-refractivity contribution in [3.63, 3.8) is 0 Å². The smallest absolute Gasteiger partial charge is 0.256 e. The summed E-state index contributed by atoms with van der Waals surface area (Å²) in [6, 6.07) is 15.5. The number of hydrogen-bond donors (Lipinski definition) is 5. The van der Waals surface area contributed by atoms with Gasteiger partial charge in [0.2, 0.25) is 11.8 Å². The van der Waals surface area contributed by atoms with Crippen LogP contribution < -0.4 is 16.0 Å². The van der Waals surface area contributed by atoms with E-state index in [4.69, 9.17) is 5.11 Å². The second-order valence-corrected chi connectivity index (χ2v) is 7.03. The van der Waals surface area contributed by atoms with E-state index in [1.165, 1.54) is 0 Å². The number of anilines is 3. The summed E-state index contributed by atoms with van der Waals surface area (Å²) in [7, 11) is 0. The van der Waals surface area contributed by atoms with Gasteiger partial charge in [-0.2, -0.15) is 0 Å². The van der Waals surface area contributed by atoms with Gasteiger partial charge in [0.25, 0.3) is 5.91 Å². The molecule has 2 heterocycles. The molecule has 0 fully saturated rings. The summed E-state index contributed by atoms with van der Waals surface area (Å²) in [4.78, 5) is 39.7. The van der Waals surface area contributed by atoms with E-state index in [0.29, 0.717) is 22.6 Å². The third kappa shape index (κ3) is 4.71. The average Bonchev–Trinajstić information content (AvgIpc) is 3.36. The second kappa shape index (κ2) is 8.68. The van der Waals surface area contributed by atoms with Crippen LogP contribution in [0, 0.1) is 0 Å². The van der Waals surface area contributed by atoms with Gasteiger partial charge in [0.05, 0.1) is 17.9 Å². The lowest BCUT2D eigenvalue weighted by molar-refractivity contribution is -0.123. The number of carbonyl (C=O) groups excluding carboxylic acids is 3. The Morgan fingerprint density at radius 1 is 0.968 bits per heavy atom. The first-order chi connectivity index (χ1) is 15.0. The van der Waals surface area contributed by atoms with Crippen molar-refractivity contribution in [2.45, 2.75) is 13.0 Å². The number of carbonyl (C=O) groups is 3. The van der Waals surface area contributed by atoms with Gasteiger partial charge in [-0.05, 0) is 48.0 Å². The molecule has 4 rings (SSSR count). The number of aromatic amines is 1. The number of rotatable bonds is 6. The van der Waals surface area contributed by atoms with E-state index < -0.39 is 11.8 Å². The molecule has 1 aliphatic heterocycles. The molecule has 0 radical (unpaired) electrons. The van der Waals surface area contributed by atoms with Crippen molar-refractivity contribution in [3.05, 3.63) is 77.6 Å². The fourth-order valence-electron chi connectivity index (χ4n) is 3.25. The van der Waals surface area contributed by atoms with Gasteiger partial charge in [-0.1, -0.05) is 18.2 Å². The number of nitrogens with one attached hydrogen (secondary N) is 4. The first-order valence-electron chi connectivity index (χ1n) is 9.62. The van der Waals surface area contributed by atoms with Crippen LogP contribution in [0.15, 0.2) is 60.8 Å². The third-order valence-electron chi connectivity index (χ3n) is 4.75. The molecule has 0 atom stereocenters. The maximum Gasteiger partial charge on any atom is 0.256 e. The van der Waals surface area contributed by atoms with Gasteiger partial charge in [-0.3, -0.25) is 14.4 Å². The SMILES string of the molecule is O=C(CC(=O)Nc1ccc2c(c1)NC(=O)C2=Cc1ccc[nH]1)Nc1ccc(CO)cc1. The van der Waals surface area contributed by atoms with Gasteiger partial charge in [0, 0.05) is 28.8 Å². The number of hydrogen-bond acceptors (Lipinski definition) is 4. The highest BCUT2D eigenvalue weighted by Crippen LogP contribution is 2.34. The zero-order valence-corrected chi connectivity index (χ0v) is 16.4. The van der Waals surface area contributed by atoms with Crippen LogP contribution in [0.2, 0.25) is 0 Å². The van der Waals surface area contributed by atoms with Gasteiger partial charge >= 0.3 is 0 Å². The Balaban J connectivity index is 1.38. The molecule has 0 saturated heterocycles. The molecule has 0 unspecified atom stereocenters. The van der Waals surface area contributed by atoms with E-state index in [2.05, 4.69) is 20.9 Å². The van der Waals surface area contributed by atoms with Gasteiger partial charge in [0.1, 0.15) is 6.42 Å². The Morgan fingerprint density at radius 2 is 1.68 bits per heavy atom. The highest BCUT2D eigenvalue weighted by Gasteiger charge is 2.24. The summed E-state index contributed by atoms with van der Waals surface area (Å²) in [5.41, 5.74) is 4.41. The summed E-state index contributed by atoms with van der Waals surface area (Å²) >= 11 is 0. The Hall–Kier alpha value is -4.17. The van der Waals surface area contributed by atoms with Crippen LogP contribution in [0.3, 0.4) is 0 Å². The van der Waals surface area contributed by atoms with Crippen molar-refractivity contribution in [1.82, 2.24) is 4.98 Å². The van der Waals surface area contributed by atoms with Crippen molar-refractivity contribution in [2.24, 2.45) is 0 Å². The van der Waals surface area contributed by atoms with E-state index in [1.54, 1.807) is 54.7 Å². The van der Waals surface area contributed by atoms with Gasteiger partial charge in [0.15, 0.2) is 0 Å². The molecule has 2 aromatic carbocycles. The van der Waals surface area contributed by atoms with Crippen molar-refractivity contribution >= 4 is 46.4 Å². The maximum absolute atomic E-state index is 12.3. The first-order valence-corrected chi connectivity index (χ1v) is 9.62. The quantitative estimate of drug-likeness (QED) is 0.313.